The molecule has 4 atom stereocenters. The molecular formula is C10H18O3. The highest BCUT2D eigenvalue weighted by atomic mass is 16.7. The SMILES string of the molecule is COCO[C@@H]1C(=O)[C@H](C)[C@@H](C)[C@H]1C. The molecule has 1 aliphatic rings. The summed E-state index contributed by atoms with van der Waals surface area (Å²) in [6, 6.07) is 0. The Morgan fingerprint density at radius 1 is 1.23 bits per heavy atom. The molecule has 0 aromatic heterocycles. The molecule has 0 aliphatic heterocycles. The Labute approximate surface area is 79.4 Å². The van der Waals surface area contributed by atoms with Gasteiger partial charge in [0.1, 0.15) is 12.9 Å². The highest BCUT2D eigenvalue weighted by molar-refractivity contribution is 5.88. The molecule has 13 heavy (non-hydrogen) atoms. The fraction of sp³-hybridized carbons (Fsp3) is 0.900. The predicted molar refractivity (Wildman–Crippen MR) is 49.2 cm³/mol. The van der Waals surface area contributed by atoms with Gasteiger partial charge < -0.3 is 9.47 Å². The van der Waals surface area contributed by atoms with Crippen molar-refractivity contribution in [3.63, 3.8) is 0 Å². The molecule has 0 heterocycles. The van der Waals surface area contributed by atoms with Gasteiger partial charge in [-0.1, -0.05) is 20.8 Å². The van der Waals surface area contributed by atoms with Gasteiger partial charge in [0.25, 0.3) is 0 Å². The van der Waals surface area contributed by atoms with Crippen LogP contribution in [-0.4, -0.2) is 25.8 Å². The first-order valence-electron chi connectivity index (χ1n) is 4.73. The molecule has 3 nitrogen and oxygen atoms in total. The van der Waals surface area contributed by atoms with Crippen molar-refractivity contribution < 1.29 is 14.3 Å². The van der Waals surface area contributed by atoms with E-state index in [9.17, 15) is 4.79 Å². The third-order valence-corrected chi connectivity index (χ3v) is 3.19. The van der Waals surface area contributed by atoms with Crippen LogP contribution in [0.4, 0.5) is 0 Å². The average Bonchev–Trinajstić information content (AvgIpc) is 2.30. The minimum atomic E-state index is -0.259. The summed E-state index contributed by atoms with van der Waals surface area (Å²) in [7, 11) is 1.57. The summed E-state index contributed by atoms with van der Waals surface area (Å²) < 4.78 is 10.1. The van der Waals surface area contributed by atoms with E-state index in [1.54, 1.807) is 7.11 Å². The van der Waals surface area contributed by atoms with Crippen molar-refractivity contribution in [2.24, 2.45) is 17.8 Å². The number of ketones is 1. The second-order valence-electron chi connectivity index (χ2n) is 3.90. The maximum absolute atomic E-state index is 11.7. The van der Waals surface area contributed by atoms with Crippen LogP contribution in [0.2, 0.25) is 0 Å². The molecular weight excluding hydrogens is 168 g/mol. The second-order valence-corrected chi connectivity index (χ2v) is 3.90. The van der Waals surface area contributed by atoms with Crippen LogP contribution in [0, 0.1) is 17.8 Å². The molecule has 0 aromatic carbocycles. The van der Waals surface area contributed by atoms with E-state index in [0.717, 1.165) is 0 Å². The van der Waals surface area contributed by atoms with E-state index in [2.05, 4.69) is 13.8 Å². The Hall–Kier alpha value is -0.410. The minimum absolute atomic E-state index is 0.122. The zero-order valence-electron chi connectivity index (χ0n) is 8.74. The van der Waals surface area contributed by atoms with Crippen molar-refractivity contribution in [3.05, 3.63) is 0 Å². The van der Waals surface area contributed by atoms with Crippen molar-refractivity contribution in [2.75, 3.05) is 13.9 Å². The first-order valence-corrected chi connectivity index (χ1v) is 4.73. The Kier molecular flexibility index (Phi) is 3.45. The fourth-order valence-corrected chi connectivity index (χ4v) is 1.88. The van der Waals surface area contributed by atoms with Crippen LogP contribution >= 0.6 is 0 Å². The molecule has 76 valence electrons. The number of carbonyl (C=O) groups excluding carboxylic acids is 1. The zero-order chi connectivity index (χ0) is 10.0. The molecule has 0 unspecified atom stereocenters. The lowest BCUT2D eigenvalue weighted by Crippen LogP contribution is -2.26. The Morgan fingerprint density at radius 2 is 1.85 bits per heavy atom. The maximum Gasteiger partial charge on any atom is 0.165 e. The number of hydrogen-bond acceptors (Lipinski definition) is 3. The standard InChI is InChI=1S/C10H18O3/c1-6-7(2)9(11)10(8(6)3)13-5-12-4/h6-8,10H,5H2,1-4H3/t6-,7-,8-,10+/m1/s1. The number of rotatable bonds is 3. The molecule has 0 saturated heterocycles. The van der Waals surface area contributed by atoms with Crippen molar-refractivity contribution in [1.29, 1.82) is 0 Å². The monoisotopic (exact) mass is 186 g/mol. The maximum atomic E-state index is 11.7. The summed E-state index contributed by atoms with van der Waals surface area (Å²) in [5.74, 6) is 1.06. The van der Waals surface area contributed by atoms with Crippen molar-refractivity contribution >= 4 is 5.78 Å². The lowest BCUT2D eigenvalue weighted by Gasteiger charge is -2.16. The smallest absolute Gasteiger partial charge is 0.165 e. The molecule has 1 aliphatic carbocycles. The van der Waals surface area contributed by atoms with Crippen molar-refractivity contribution in [1.82, 2.24) is 0 Å². The van der Waals surface area contributed by atoms with Gasteiger partial charge in [-0.2, -0.15) is 0 Å². The third kappa shape index (κ3) is 1.92. The predicted octanol–water partition coefficient (Wildman–Crippen LogP) is 1.47. The van der Waals surface area contributed by atoms with Crippen molar-refractivity contribution in [2.45, 2.75) is 26.9 Å². The van der Waals surface area contributed by atoms with Gasteiger partial charge >= 0.3 is 0 Å². The number of carbonyl (C=O) groups is 1. The van der Waals surface area contributed by atoms with Gasteiger partial charge in [-0.15, -0.1) is 0 Å². The van der Waals surface area contributed by atoms with E-state index in [-0.39, 0.29) is 24.6 Å². The lowest BCUT2D eigenvalue weighted by atomic mass is 9.94. The molecule has 0 N–H and O–H groups in total. The average molecular weight is 186 g/mol. The molecule has 0 radical (unpaired) electrons. The van der Waals surface area contributed by atoms with E-state index < -0.39 is 0 Å². The summed E-state index contributed by atoms with van der Waals surface area (Å²) in [5.41, 5.74) is 0. The van der Waals surface area contributed by atoms with E-state index in [1.165, 1.54) is 0 Å². The summed E-state index contributed by atoms with van der Waals surface area (Å²) in [5, 5.41) is 0. The molecule has 0 spiro atoms. The normalized spacial score (nSPS) is 39.8. The Morgan fingerprint density at radius 3 is 2.23 bits per heavy atom. The highest BCUT2D eigenvalue weighted by Crippen LogP contribution is 2.35. The number of methoxy groups -OCH3 is 1. The van der Waals surface area contributed by atoms with Crippen LogP contribution in [0.5, 0.6) is 0 Å². The highest BCUT2D eigenvalue weighted by Gasteiger charge is 2.43. The summed E-state index contributed by atoms with van der Waals surface area (Å²) >= 11 is 0. The number of hydrogen-bond donors (Lipinski definition) is 0. The first-order chi connectivity index (χ1) is 6.09. The molecule has 1 rings (SSSR count). The molecule has 1 saturated carbocycles. The van der Waals surface area contributed by atoms with E-state index in [0.29, 0.717) is 11.8 Å². The molecule has 0 amide bonds. The number of ether oxygens (including phenoxy) is 2. The van der Waals surface area contributed by atoms with Crippen LogP contribution in [0.3, 0.4) is 0 Å². The number of Topliss-reactive ketones (excluding diaryl/α,β-unsaturated/α-hetero) is 1. The van der Waals surface area contributed by atoms with Gasteiger partial charge in [0.2, 0.25) is 0 Å². The van der Waals surface area contributed by atoms with Gasteiger partial charge in [-0.05, 0) is 11.8 Å². The van der Waals surface area contributed by atoms with Gasteiger partial charge in [-0.25, -0.2) is 0 Å². The Balaban J connectivity index is 2.59. The van der Waals surface area contributed by atoms with Crippen molar-refractivity contribution in [3.8, 4) is 0 Å². The van der Waals surface area contributed by atoms with Gasteiger partial charge in [0, 0.05) is 13.0 Å². The van der Waals surface area contributed by atoms with Crippen LogP contribution in [0.15, 0.2) is 0 Å². The summed E-state index contributed by atoms with van der Waals surface area (Å²) in [4.78, 5) is 11.7. The summed E-state index contributed by atoms with van der Waals surface area (Å²) in [6.07, 6.45) is -0.259. The van der Waals surface area contributed by atoms with E-state index in [1.807, 2.05) is 6.92 Å². The van der Waals surface area contributed by atoms with Gasteiger partial charge in [0.05, 0.1) is 0 Å². The topological polar surface area (TPSA) is 35.5 Å². The van der Waals surface area contributed by atoms with E-state index >= 15 is 0 Å². The van der Waals surface area contributed by atoms with Crippen LogP contribution in [0.1, 0.15) is 20.8 Å². The van der Waals surface area contributed by atoms with Gasteiger partial charge in [-0.3, -0.25) is 4.79 Å². The summed E-state index contributed by atoms with van der Waals surface area (Å²) in [6.45, 7) is 6.34. The second kappa shape index (κ2) is 4.20. The first kappa shape index (κ1) is 10.7. The zero-order valence-corrected chi connectivity index (χ0v) is 8.74. The fourth-order valence-electron chi connectivity index (χ4n) is 1.88. The quantitative estimate of drug-likeness (QED) is 0.626. The third-order valence-electron chi connectivity index (χ3n) is 3.19. The van der Waals surface area contributed by atoms with Gasteiger partial charge in [0.15, 0.2) is 5.78 Å². The van der Waals surface area contributed by atoms with Crippen LogP contribution < -0.4 is 0 Å². The van der Waals surface area contributed by atoms with E-state index in [4.69, 9.17) is 9.47 Å². The lowest BCUT2D eigenvalue weighted by molar-refractivity contribution is -0.140. The molecule has 0 bridgehead atoms. The van der Waals surface area contributed by atoms with Crippen LogP contribution in [-0.2, 0) is 14.3 Å². The largest absolute Gasteiger partial charge is 0.359 e. The molecule has 1 fully saturated rings. The Bertz CT molecular complexity index is 191. The minimum Gasteiger partial charge on any atom is -0.359 e. The molecule has 3 heteroatoms. The van der Waals surface area contributed by atoms with Crippen LogP contribution in [0.25, 0.3) is 0 Å². The molecule has 0 aromatic rings.